The number of nitrogens with zero attached hydrogens (tertiary/aromatic N) is 3. The molecule has 2 aromatic carbocycles. The second kappa shape index (κ2) is 9.38. The summed E-state index contributed by atoms with van der Waals surface area (Å²) < 4.78 is 19.7. The Hall–Kier alpha value is -4.07. The molecular formula is C24H21FN4O3. The predicted molar refractivity (Wildman–Crippen MR) is 118 cm³/mol. The average molecular weight is 432 g/mol. The Labute approximate surface area is 183 Å². The number of methoxy groups -OCH3 is 1. The van der Waals surface area contributed by atoms with Crippen LogP contribution in [0.15, 0.2) is 71.7 Å². The molecule has 2 aromatic heterocycles. The molecule has 1 N–H and O–H groups in total. The highest BCUT2D eigenvalue weighted by atomic mass is 19.1. The van der Waals surface area contributed by atoms with Crippen molar-refractivity contribution < 1.29 is 13.9 Å². The molecule has 0 aliphatic heterocycles. The largest absolute Gasteiger partial charge is 0.497 e. The first-order valence-corrected chi connectivity index (χ1v) is 10.1. The van der Waals surface area contributed by atoms with Crippen LogP contribution < -0.4 is 15.6 Å². The molecular weight excluding hydrogens is 411 g/mol. The van der Waals surface area contributed by atoms with Crippen molar-refractivity contribution in [3.63, 3.8) is 0 Å². The molecule has 32 heavy (non-hydrogen) atoms. The van der Waals surface area contributed by atoms with Crippen LogP contribution in [0.4, 0.5) is 4.39 Å². The quantitative estimate of drug-likeness (QED) is 0.485. The van der Waals surface area contributed by atoms with E-state index in [9.17, 15) is 14.0 Å². The lowest BCUT2D eigenvalue weighted by Gasteiger charge is -2.12. The number of halogens is 1. The molecule has 0 radical (unpaired) electrons. The molecule has 0 unspecified atom stereocenters. The molecule has 162 valence electrons. The number of hydrogen-bond acceptors (Lipinski definition) is 5. The summed E-state index contributed by atoms with van der Waals surface area (Å²) in [5, 5.41) is 2.73. The van der Waals surface area contributed by atoms with Gasteiger partial charge >= 0.3 is 0 Å². The van der Waals surface area contributed by atoms with Crippen LogP contribution in [0.2, 0.25) is 0 Å². The molecule has 0 fully saturated rings. The van der Waals surface area contributed by atoms with Gasteiger partial charge in [0.15, 0.2) is 11.3 Å². The number of hydrogen-bond donors (Lipinski definition) is 1. The minimum absolute atomic E-state index is 0.196. The summed E-state index contributed by atoms with van der Waals surface area (Å²) in [6.45, 7) is 0.518. The van der Waals surface area contributed by atoms with Crippen LogP contribution in [-0.2, 0) is 13.0 Å². The molecule has 0 saturated heterocycles. The molecule has 1 amide bonds. The minimum atomic E-state index is -0.564. The van der Waals surface area contributed by atoms with E-state index >= 15 is 0 Å². The topological polar surface area (TPSA) is 86.1 Å². The lowest BCUT2D eigenvalue weighted by molar-refractivity contribution is 0.0947. The lowest BCUT2D eigenvalue weighted by Crippen LogP contribution is -2.36. The van der Waals surface area contributed by atoms with Crippen molar-refractivity contribution in [3.8, 4) is 5.75 Å². The van der Waals surface area contributed by atoms with Gasteiger partial charge < -0.3 is 10.1 Å². The zero-order valence-corrected chi connectivity index (χ0v) is 17.4. The van der Waals surface area contributed by atoms with Crippen molar-refractivity contribution in [2.75, 3.05) is 13.7 Å². The van der Waals surface area contributed by atoms with Crippen molar-refractivity contribution in [1.29, 1.82) is 0 Å². The highest BCUT2D eigenvalue weighted by molar-refractivity contribution is 5.93. The van der Waals surface area contributed by atoms with Gasteiger partial charge in [0.05, 0.1) is 13.7 Å². The number of fused-ring (bicyclic) bond motifs is 1. The first-order chi connectivity index (χ1) is 15.5. The van der Waals surface area contributed by atoms with Crippen LogP contribution >= 0.6 is 0 Å². The minimum Gasteiger partial charge on any atom is -0.497 e. The summed E-state index contributed by atoms with van der Waals surface area (Å²) in [5.74, 6) is -0.171. The van der Waals surface area contributed by atoms with Gasteiger partial charge in [-0.15, -0.1) is 0 Å². The van der Waals surface area contributed by atoms with Gasteiger partial charge in [-0.2, -0.15) is 0 Å². The number of pyridine rings is 1. The van der Waals surface area contributed by atoms with Gasteiger partial charge in [0, 0.05) is 12.7 Å². The third-order valence-electron chi connectivity index (χ3n) is 5.03. The van der Waals surface area contributed by atoms with E-state index in [1.165, 1.54) is 16.7 Å². The maximum atomic E-state index is 13.2. The van der Waals surface area contributed by atoms with Gasteiger partial charge in [-0.25, -0.2) is 14.4 Å². The van der Waals surface area contributed by atoms with Crippen LogP contribution in [0.5, 0.6) is 5.75 Å². The maximum absolute atomic E-state index is 13.2. The Morgan fingerprint density at radius 3 is 2.50 bits per heavy atom. The molecule has 0 saturated carbocycles. The van der Waals surface area contributed by atoms with E-state index in [-0.39, 0.29) is 24.6 Å². The third-order valence-corrected chi connectivity index (χ3v) is 5.03. The van der Waals surface area contributed by atoms with E-state index in [4.69, 9.17) is 4.74 Å². The number of rotatable bonds is 7. The van der Waals surface area contributed by atoms with Gasteiger partial charge in [0.2, 0.25) is 0 Å². The highest BCUT2D eigenvalue weighted by Gasteiger charge is 2.18. The van der Waals surface area contributed by atoms with Crippen LogP contribution in [0.3, 0.4) is 0 Å². The molecule has 8 heteroatoms. The van der Waals surface area contributed by atoms with Crippen molar-refractivity contribution in [3.05, 3.63) is 99.9 Å². The number of ether oxygens (including phenoxy) is 1. The zero-order valence-electron chi connectivity index (χ0n) is 17.4. The van der Waals surface area contributed by atoms with E-state index in [1.54, 1.807) is 49.7 Å². The van der Waals surface area contributed by atoms with Crippen molar-refractivity contribution in [1.82, 2.24) is 19.9 Å². The fourth-order valence-corrected chi connectivity index (χ4v) is 3.34. The number of amides is 1. The smallest absolute Gasteiger partial charge is 0.284 e. The van der Waals surface area contributed by atoms with Gasteiger partial charge in [-0.1, -0.05) is 24.3 Å². The molecule has 4 rings (SSSR count). The summed E-state index contributed by atoms with van der Waals surface area (Å²) in [6, 6.07) is 16.8. The van der Waals surface area contributed by atoms with E-state index in [0.717, 1.165) is 11.1 Å². The normalized spacial score (nSPS) is 10.8. The second-order valence-electron chi connectivity index (χ2n) is 7.18. The predicted octanol–water partition coefficient (Wildman–Crippen LogP) is 2.96. The van der Waals surface area contributed by atoms with Gasteiger partial charge in [0.25, 0.3) is 11.5 Å². The summed E-state index contributed by atoms with van der Waals surface area (Å²) in [5.41, 5.74) is 1.86. The molecule has 4 aromatic rings. The van der Waals surface area contributed by atoms with Gasteiger partial charge in [0.1, 0.15) is 17.1 Å². The number of carbonyl (C=O) groups is 1. The molecule has 7 nitrogen and oxygen atoms in total. The number of benzene rings is 2. The highest BCUT2D eigenvalue weighted by Crippen LogP contribution is 2.14. The Morgan fingerprint density at radius 2 is 1.78 bits per heavy atom. The van der Waals surface area contributed by atoms with E-state index in [1.807, 2.05) is 12.1 Å². The maximum Gasteiger partial charge on any atom is 0.284 e. The number of carbonyl (C=O) groups excluding carboxylic acids is 1. The SMILES string of the molecule is COc1ccc(Cn2c(=O)c(C(=O)NCCc3ccc(F)cc3)nc3cccnc32)cc1. The Kier molecular flexibility index (Phi) is 6.21. The van der Waals surface area contributed by atoms with Crippen LogP contribution in [0, 0.1) is 5.82 Å². The zero-order chi connectivity index (χ0) is 22.5. The van der Waals surface area contributed by atoms with Crippen LogP contribution in [0.25, 0.3) is 11.2 Å². The standard InChI is InChI=1S/C24H21FN4O3/c1-32-19-10-6-17(7-11-19)15-29-22-20(3-2-13-26-22)28-21(24(29)31)23(30)27-14-12-16-4-8-18(25)9-5-16/h2-11,13H,12,14-15H2,1H3,(H,27,30). The summed E-state index contributed by atoms with van der Waals surface area (Å²) in [4.78, 5) is 34.5. The second-order valence-corrected chi connectivity index (χ2v) is 7.18. The van der Waals surface area contributed by atoms with Crippen LogP contribution in [-0.4, -0.2) is 34.1 Å². The fourth-order valence-electron chi connectivity index (χ4n) is 3.34. The Morgan fingerprint density at radius 1 is 1.06 bits per heavy atom. The molecule has 2 heterocycles. The van der Waals surface area contributed by atoms with Crippen LogP contribution in [0.1, 0.15) is 21.6 Å². The van der Waals surface area contributed by atoms with Gasteiger partial charge in [-0.3, -0.25) is 14.2 Å². The summed E-state index contributed by atoms with van der Waals surface area (Å²) in [6.07, 6.45) is 2.08. The van der Waals surface area contributed by atoms with Crippen molar-refractivity contribution in [2.24, 2.45) is 0 Å². The molecule has 0 aliphatic rings. The Bertz CT molecular complexity index is 1300. The van der Waals surface area contributed by atoms with E-state index in [2.05, 4.69) is 15.3 Å². The van der Waals surface area contributed by atoms with Crippen molar-refractivity contribution in [2.45, 2.75) is 13.0 Å². The van der Waals surface area contributed by atoms with Crippen molar-refractivity contribution >= 4 is 17.1 Å². The number of nitrogens with one attached hydrogen (secondary N) is 1. The molecule has 0 bridgehead atoms. The average Bonchev–Trinajstić information content (AvgIpc) is 2.82. The summed E-state index contributed by atoms with van der Waals surface area (Å²) >= 11 is 0. The van der Waals surface area contributed by atoms with Gasteiger partial charge in [-0.05, 0) is 53.9 Å². The number of aromatic nitrogens is 3. The fraction of sp³-hybridized carbons (Fsp3) is 0.167. The molecule has 0 aliphatic carbocycles. The van der Waals surface area contributed by atoms with E-state index < -0.39 is 11.5 Å². The molecule has 0 spiro atoms. The lowest BCUT2D eigenvalue weighted by atomic mass is 10.1. The summed E-state index contributed by atoms with van der Waals surface area (Å²) in [7, 11) is 1.58. The molecule has 0 atom stereocenters. The van der Waals surface area contributed by atoms with E-state index in [0.29, 0.717) is 23.3 Å². The Balaban J connectivity index is 1.59. The first-order valence-electron chi connectivity index (χ1n) is 10.1. The third kappa shape index (κ3) is 4.64. The monoisotopic (exact) mass is 432 g/mol. The first kappa shape index (κ1) is 21.2.